The minimum Gasteiger partial charge on any atom is -0.383 e. The molecule has 0 atom stereocenters. The van der Waals surface area contributed by atoms with E-state index in [0.717, 1.165) is 11.3 Å². The van der Waals surface area contributed by atoms with Crippen molar-refractivity contribution in [2.75, 3.05) is 19.4 Å². The predicted octanol–water partition coefficient (Wildman–Crippen LogP) is 2.36. The van der Waals surface area contributed by atoms with E-state index in [4.69, 9.17) is 0 Å². The van der Waals surface area contributed by atoms with Gasteiger partial charge in [0.2, 0.25) is 5.91 Å². The fourth-order valence-corrected chi connectivity index (χ4v) is 1.97. The van der Waals surface area contributed by atoms with Gasteiger partial charge in [-0.1, -0.05) is 17.7 Å². The maximum Gasteiger partial charge on any atom is 0.238 e. The summed E-state index contributed by atoms with van der Waals surface area (Å²) < 4.78 is 0. The molecular formula is C16H20N2O2. The van der Waals surface area contributed by atoms with Crippen LogP contribution in [-0.2, 0) is 9.59 Å². The maximum atomic E-state index is 12.3. The molecule has 4 heteroatoms. The molecule has 1 aromatic rings. The molecule has 0 unspecified atom stereocenters. The Morgan fingerprint density at radius 3 is 2.30 bits per heavy atom. The van der Waals surface area contributed by atoms with Crippen molar-refractivity contribution < 1.29 is 9.59 Å². The molecule has 106 valence electrons. The summed E-state index contributed by atoms with van der Waals surface area (Å²) in [5, 5.41) is 2.83. The van der Waals surface area contributed by atoms with Crippen LogP contribution in [-0.4, -0.2) is 30.7 Å². The molecule has 0 radical (unpaired) electrons. The Morgan fingerprint density at radius 1 is 1.20 bits per heavy atom. The van der Waals surface area contributed by atoms with Crippen molar-refractivity contribution in [1.82, 2.24) is 4.90 Å². The van der Waals surface area contributed by atoms with Crippen LogP contribution in [0.4, 0.5) is 5.69 Å². The van der Waals surface area contributed by atoms with E-state index in [1.807, 2.05) is 45.3 Å². The molecule has 0 spiro atoms. The number of ketones is 1. The van der Waals surface area contributed by atoms with Crippen LogP contribution in [0.2, 0.25) is 0 Å². The van der Waals surface area contributed by atoms with Gasteiger partial charge in [-0.05, 0) is 38.0 Å². The van der Waals surface area contributed by atoms with Crippen molar-refractivity contribution in [2.24, 2.45) is 5.41 Å². The van der Waals surface area contributed by atoms with Gasteiger partial charge in [0.15, 0.2) is 5.78 Å². The van der Waals surface area contributed by atoms with E-state index in [-0.39, 0.29) is 11.7 Å². The number of aryl methyl sites for hydroxylation is 1. The monoisotopic (exact) mass is 272 g/mol. The highest BCUT2D eigenvalue weighted by atomic mass is 16.2. The number of hydrogen-bond donors (Lipinski definition) is 1. The Morgan fingerprint density at radius 2 is 1.80 bits per heavy atom. The zero-order valence-corrected chi connectivity index (χ0v) is 12.1. The molecule has 0 aliphatic heterocycles. The van der Waals surface area contributed by atoms with E-state index in [1.54, 1.807) is 11.1 Å². The number of benzene rings is 1. The van der Waals surface area contributed by atoms with E-state index in [1.165, 1.54) is 6.08 Å². The van der Waals surface area contributed by atoms with Crippen LogP contribution in [0.25, 0.3) is 0 Å². The quantitative estimate of drug-likeness (QED) is 0.661. The standard InChI is InChI=1S/C16H20N2O2/c1-12-4-6-13(7-5-12)17-15(20)16(9-10-16)14(19)8-11-18(2)3/h4-8,11H,9-10H2,1-3H3,(H,17,20). The molecule has 4 nitrogen and oxygen atoms in total. The number of nitrogens with zero attached hydrogens (tertiary/aromatic N) is 1. The average Bonchev–Trinajstić information content (AvgIpc) is 3.20. The van der Waals surface area contributed by atoms with E-state index in [2.05, 4.69) is 5.32 Å². The Balaban J connectivity index is 2.05. The van der Waals surface area contributed by atoms with Gasteiger partial charge in [0.05, 0.1) is 0 Å². The topological polar surface area (TPSA) is 49.4 Å². The van der Waals surface area contributed by atoms with Crippen LogP contribution in [0.5, 0.6) is 0 Å². The molecule has 1 saturated carbocycles. The lowest BCUT2D eigenvalue weighted by molar-refractivity contribution is -0.130. The van der Waals surface area contributed by atoms with Crippen molar-refractivity contribution >= 4 is 17.4 Å². The molecule has 1 N–H and O–H groups in total. The Hall–Kier alpha value is -2.10. The summed E-state index contributed by atoms with van der Waals surface area (Å²) in [5.41, 5.74) is 1.02. The van der Waals surface area contributed by atoms with Crippen molar-refractivity contribution in [3.05, 3.63) is 42.1 Å². The zero-order valence-electron chi connectivity index (χ0n) is 12.1. The third-order valence-electron chi connectivity index (χ3n) is 3.49. The molecule has 1 amide bonds. The second-order valence-electron chi connectivity index (χ2n) is 5.55. The lowest BCUT2D eigenvalue weighted by Crippen LogP contribution is -2.30. The molecular weight excluding hydrogens is 252 g/mol. The smallest absolute Gasteiger partial charge is 0.238 e. The molecule has 20 heavy (non-hydrogen) atoms. The molecule has 0 aromatic heterocycles. The summed E-state index contributed by atoms with van der Waals surface area (Å²) in [6, 6.07) is 7.57. The van der Waals surface area contributed by atoms with E-state index >= 15 is 0 Å². The van der Waals surface area contributed by atoms with E-state index in [9.17, 15) is 9.59 Å². The Bertz CT molecular complexity index is 540. The van der Waals surface area contributed by atoms with Crippen LogP contribution in [0, 0.1) is 12.3 Å². The van der Waals surface area contributed by atoms with Gasteiger partial charge in [-0.2, -0.15) is 0 Å². The van der Waals surface area contributed by atoms with E-state index in [0.29, 0.717) is 12.8 Å². The molecule has 2 rings (SSSR count). The largest absolute Gasteiger partial charge is 0.383 e. The van der Waals surface area contributed by atoms with Gasteiger partial charge in [-0.15, -0.1) is 0 Å². The molecule has 1 aromatic carbocycles. The van der Waals surface area contributed by atoms with Crippen molar-refractivity contribution in [3.8, 4) is 0 Å². The van der Waals surface area contributed by atoms with Gasteiger partial charge < -0.3 is 10.2 Å². The van der Waals surface area contributed by atoms with Crippen LogP contribution >= 0.6 is 0 Å². The number of hydrogen-bond acceptors (Lipinski definition) is 3. The number of anilines is 1. The molecule has 1 aliphatic carbocycles. The fraction of sp³-hybridized carbons (Fsp3) is 0.375. The number of carbonyl (C=O) groups excluding carboxylic acids is 2. The Labute approximate surface area is 119 Å². The number of rotatable bonds is 5. The van der Waals surface area contributed by atoms with Gasteiger partial charge in [-0.3, -0.25) is 9.59 Å². The summed E-state index contributed by atoms with van der Waals surface area (Å²) >= 11 is 0. The fourth-order valence-electron chi connectivity index (χ4n) is 1.97. The minimum absolute atomic E-state index is 0.115. The second-order valence-corrected chi connectivity index (χ2v) is 5.55. The number of nitrogens with one attached hydrogen (secondary N) is 1. The lowest BCUT2D eigenvalue weighted by Gasteiger charge is -2.13. The summed E-state index contributed by atoms with van der Waals surface area (Å²) in [4.78, 5) is 26.2. The first-order chi connectivity index (χ1) is 9.44. The highest BCUT2D eigenvalue weighted by molar-refractivity contribution is 6.17. The van der Waals surface area contributed by atoms with Crippen molar-refractivity contribution in [2.45, 2.75) is 19.8 Å². The van der Waals surface area contributed by atoms with Gasteiger partial charge in [0.25, 0.3) is 0 Å². The van der Waals surface area contributed by atoms with Crippen LogP contribution in [0.15, 0.2) is 36.5 Å². The molecule has 0 heterocycles. The van der Waals surface area contributed by atoms with Crippen LogP contribution in [0.3, 0.4) is 0 Å². The molecule has 0 bridgehead atoms. The van der Waals surface area contributed by atoms with Gasteiger partial charge in [-0.25, -0.2) is 0 Å². The molecule has 0 saturated heterocycles. The third-order valence-corrected chi connectivity index (χ3v) is 3.49. The highest BCUT2D eigenvalue weighted by Crippen LogP contribution is 2.47. The molecule has 1 fully saturated rings. The minimum atomic E-state index is -0.850. The second kappa shape index (κ2) is 5.49. The Kier molecular flexibility index (Phi) is 3.93. The summed E-state index contributed by atoms with van der Waals surface area (Å²) in [5.74, 6) is -0.314. The lowest BCUT2D eigenvalue weighted by atomic mass is 9.99. The summed E-state index contributed by atoms with van der Waals surface area (Å²) in [6.45, 7) is 1.99. The van der Waals surface area contributed by atoms with Crippen LogP contribution < -0.4 is 5.32 Å². The first kappa shape index (κ1) is 14.3. The predicted molar refractivity (Wildman–Crippen MR) is 79.3 cm³/mol. The van der Waals surface area contributed by atoms with Gasteiger partial charge >= 0.3 is 0 Å². The number of amides is 1. The maximum absolute atomic E-state index is 12.3. The van der Waals surface area contributed by atoms with Crippen molar-refractivity contribution in [1.29, 1.82) is 0 Å². The van der Waals surface area contributed by atoms with Gasteiger partial charge in [0, 0.05) is 26.0 Å². The summed E-state index contributed by atoms with van der Waals surface area (Å²) in [6.07, 6.45) is 4.42. The highest BCUT2D eigenvalue weighted by Gasteiger charge is 2.55. The first-order valence-electron chi connectivity index (χ1n) is 6.71. The third kappa shape index (κ3) is 3.07. The molecule has 1 aliphatic rings. The number of allylic oxidation sites excluding steroid dienone is 1. The van der Waals surface area contributed by atoms with Gasteiger partial charge in [0.1, 0.15) is 5.41 Å². The number of carbonyl (C=O) groups is 2. The normalized spacial score (nSPS) is 15.9. The zero-order chi connectivity index (χ0) is 14.8. The SMILES string of the molecule is Cc1ccc(NC(=O)C2(C(=O)C=CN(C)C)CC2)cc1. The van der Waals surface area contributed by atoms with E-state index < -0.39 is 5.41 Å². The van der Waals surface area contributed by atoms with Crippen LogP contribution in [0.1, 0.15) is 18.4 Å². The summed E-state index contributed by atoms with van der Waals surface area (Å²) in [7, 11) is 3.69. The van der Waals surface area contributed by atoms with Crippen molar-refractivity contribution in [3.63, 3.8) is 0 Å². The first-order valence-corrected chi connectivity index (χ1v) is 6.71. The average molecular weight is 272 g/mol.